The van der Waals surface area contributed by atoms with Gasteiger partial charge in [0.1, 0.15) is 5.65 Å². The van der Waals surface area contributed by atoms with E-state index in [2.05, 4.69) is 39.3 Å². The van der Waals surface area contributed by atoms with Crippen molar-refractivity contribution in [3.8, 4) is 11.3 Å². The predicted octanol–water partition coefficient (Wildman–Crippen LogP) is 2.02. The first-order valence-corrected chi connectivity index (χ1v) is 10.9. The Morgan fingerprint density at radius 1 is 1.14 bits per heavy atom. The first-order valence-electron chi connectivity index (χ1n) is 8.70. The number of nitrogens with zero attached hydrogens (tertiary/aromatic N) is 6. The van der Waals surface area contributed by atoms with E-state index in [9.17, 15) is 0 Å². The van der Waals surface area contributed by atoms with Crippen LogP contribution >= 0.6 is 7.92 Å². The predicted molar refractivity (Wildman–Crippen MR) is 114 cm³/mol. The molecule has 0 aromatic carbocycles. The lowest BCUT2D eigenvalue weighted by atomic mass is 10.2. The summed E-state index contributed by atoms with van der Waals surface area (Å²) in [6.07, 6.45) is 11.0. The van der Waals surface area contributed by atoms with Crippen molar-refractivity contribution in [2.24, 2.45) is 5.84 Å². The van der Waals surface area contributed by atoms with Crippen LogP contribution in [0.4, 0.5) is 11.6 Å². The van der Waals surface area contributed by atoms with Crippen molar-refractivity contribution >= 4 is 30.5 Å². The Bertz CT molecular complexity index is 1120. The topological polar surface area (TPSA) is 111 Å². The van der Waals surface area contributed by atoms with Gasteiger partial charge < -0.3 is 10.1 Å². The van der Waals surface area contributed by atoms with Gasteiger partial charge in [0.25, 0.3) is 0 Å². The average Bonchev–Trinajstić information content (AvgIpc) is 3.16. The number of nitrogen functional groups attached to an aromatic ring is 1. The molecule has 28 heavy (non-hydrogen) atoms. The monoisotopic (exact) mass is 392 g/mol. The molecular weight excluding hydrogens is 371 g/mol. The van der Waals surface area contributed by atoms with Crippen LogP contribution in [-0.4, -0.2) is 37.7 Å². The lowest BCUT2D eigenvalue weighted by Gasteiger charge is -2.19. The molecule has 142 valence electrons. The molecule has 0 aliphatic heterocycles. The summed E-state index contributed by atoms with van der Waals surface area (Å²) >= 11 is 0. The summed E-state index contributed by atoms with van der Waals surface area (Å²) in [6.45, 7) is 4.81. The Labute approximate surface area is 164 Å². The molecule has 4 aromatic heterocycles. The van der Waals surface area contributed by atoms with Gasteiger partial charge in [0.2, 0.25) is 0 Å². The van der Waals surface area contributed by atoms with Gasteiger partial charge in [-0.25, -0.2) is 20.8 Å². The van der Waals surface area contributed by atoms with Crippen molar-refractivity contribution in [1.82, 2.24) is 24.3 Å². The highest BCUT2D eigenvalue weighted by Crippen LogP contribution is 2.27. The Morgan fingerprint density at radius 2 is 2.00 bits per heavy atom. The van der Waals surface area contributed by atoms with E-state index in [-0.39, 0.29) is 13.7 Å². The van der Waals surface area contributed by atoms with E-state index < -0.39 is 0 Å². The lowest BCUT2D eigenvalue weighted by molar-refractivity contribution is 0.825. The van der Waals surface area contributed by atoms with E-state index in [1.54, 1.807) is 18.6 Å². The van der Waals surface area contributed by atoms with E-state index in [4.69, 9.17) is 11.6 Å². The summed E-state index contributed by atoms with van der Waals surface area (Å²) < 4.78 is 1.94. The van der Waals surface area contributed by atoms with Crippen LogP contribution in [0.15, 0.2) is 55.4 Å². The van der Waals surface area contributed by atoms with E-state index >= 15 is 0 Å². The molecule has 0 spiro atoms. The summed E-state index contributed by atoms with van der Waals surface area (Å²) in [5, 5.41) is 2.71. The van der Waals surface area contributed by atoms with Crippen LogP contribution in [0.25, 0.3) is 16.9 Å². The maximum Gasteiger partial charge on any atom is 0.186 e. The maximum atomic E-state index is 6.29. The Kier molecular flexibility index (Phi) is 4.90. The molecule has 0 unspecified atom stereocenters. The Morgan fingerprint density at radius 3 is 2.82 bits per heavy atom. The highest BCUT2D eigenvalue weighted by atomic mass is 31.1. The molecule has 0 radical (unpaired) electrons. The summed E-state index contributed by atoms with van der Waals surface area (Å²) in [5.74, 6) is 7.00. The fourth-order valence-electron chi connectivity index (χ4n) is 2.88. The van der Waals surface area contributed by atoms with E-state index in [1.807, 2.05) is 35.1 Å². The molecule has 0 aliphatic carbocycles. The highest BCUT2D eigenvalue weighted by Gasteiger charge is 2.13. The number of rotatable bonds is 5. The molecule has 0 saturated carbocycles. The number of hydrogen-bond acceptors (Lipinski definition) is 7. The second-order valence-corrected chi connectivity index (χ2v) is 8.95. The highest BCUT2D eigenvalue weighted by molar-refractivity contribution is 7.64. The minimum Gasteiger partial charge on any atom is -0.381 e. The third-order valence-corrected chi connectivity index (χ3v) is 5.67. The maximum absolute atomic E-state index is 6.29. The van der Waals surface area contributed by atoms with Gasteiger partial charge in [-0.3, -0.25) is 9.99 Å². The fourth-order valence-corrected chi connectivity index (χ4v) is 3.58. The molecule has 8 nitrogen and oxygen atoms in total. The zero-order chi connectivity index (χ0) is 19.7. The van der Waals surface area contributed by atoms with Gasteiger partial charge in [-0.2, -0.15) is 0 Å². The molecule has 4 heterocycles. The van der Waals surface area contributed by atoms with Crippen molar-refractivity contribution in [3.63, 3.8) is 0 Å². The number of hydrazine groups is 1. The van der Waals surface area contributed by atoms with Crippen LogP contribution < -0.4 is 21.9 Å². The zero-order valence-corrected chi connectivity index (χ0v) is 16.6. The molecule has 4 aromatic rings. The van der Waals surface area contributed by atoms with Gasteiger partial charge in [-0.1, -0.05) is 14.0 Å². The van der Waals surface area contributed by atoms with Gasteiger partial charge in [0.05, 0.1) is 18.4 Å². The third-order valence-electron chi connectivity index (χ3n) is 4.39. The quantitative estimate of drug-likeness (QED) is 0.304. The second kappa shape index (κ2) is 7.50. The summed E-state index contributed by atoms with van der Waals surface area (Å²) in [6, 6.07) is 6.02. The van der Waals surface area contributed by atoms with Gasteiger partial charge in [0, 0.05) is 36.5 Å². The molecule has 9 heteroatoms. The Balaban J connectivity index is 1.63. The van der Waals surface area contributed by atoms with Crippen molar-refractivity contribution in [1.29, 1.82) is 0 Å². The number of aromatic nitrogens is 5. The number of fused-ring (bicyclic) bond motifs is 1. The fraction of sp³-hybridized carbons (Fsp3) is 0.158. The van der Waals surface area contributed by atoms with Crippen LogP contribution in [0.3, 0.4) is 0 Å². The molecular formula is C19H21N8P. The number of imidazole rings is 1. The van der Waals surface area contributed by atoms with Crippen LogP contribution in [0.5, 0.6) is 0 Å². The second-order valence-electron chi connectivity index (χ2n) is 6.65. The van der Waals surface area contributed by atoms with Crippen LogP contribution in [0.2, 0.25) is 0 Å². The summed E-state index contributed by atoms with van der Waals surface area (Å²) in [4.78, 5) is 17.5. The smallest absolute Gasteiger partial charge is 0.186 e. The normalized spacial score (nSPS) is 11.3. The third kappa shape index (κ3) is 3.65. The average molecular weight is 392 g/mol. The zero-order valence-electron chi connectivity index (χ0n) is 15.7. The number of hydrogen-bond donors (Lipinski definition) is 2. The largest absolute Gasteiger partial charge is 0.381 e. The van der Waals surface area contributed by atoms with Crippen LogP contribution in [-0.2, 0) is 6.54 Å². The Hall–Kier alpha value is -3.09. The van der Waals surface area contributed by atoms with E-state index in [0.29, 0.717) is 18.1 Å². The van der Waals surface area contributed by atoms with E-state index in [1.165, 1.54) is 10.3 Å². The van der Waals surface area contributed by atoms with Crippen molar-refractivity contribution < 1.29 is 0 Å². The molecule has 4 N–H and O–H groups in total. The molecule has 0 amide bonds. The SMILES string of the molecule is CP(C)c1cncc(-c2cnc(N)c(N(N)Cc3ccc4nccn4c3)n2)c1. The molecule has 0 aliphatic rings. The number of anilines is 2. The standard InChI is InChI=1S/C19H21N8P/c1-28(2)15-7-14(8-22-9-15)16-10-24-18(20)19(25-16)27(21)12-13-3-4-17-23-5-6-26(17)11-13/h3-11H,12,21H2,1-2H3,(H2,20,24). The van der Waals surface area contributed by atoms with Gasteiger partial charge in [0.15, 0.2) is 11.6 Å². The van der Waals surface area contributed by atoms with Crippen molar-refractivity contribution in [2.45, 2.75) is 6.54 Å². The first-order chi connectivity index (χ1) is 13.5. The number of pyridine rings is 2. The van der Waals surface area contributed by atoms with Crippen molar-refractivity contribution in [3.05, 3.63) is 60.9 Å². The van der Waals surface area contributed by atoms with Gasteiger partial charge >= 0.3 is 0 Å². The van der Waals surface area contributed by atoms with Gasteiger partial charge in [-0.15, -0.1) is 0 Å². The molecule has 4 rings (SSSR count). The lowest BCUT2D eigenvalue weighted by Crippen LogP contribution is -2.32. The molecule has 0 atom stereocenters. The van der Waals surface area contributed by atoms with E-state index in [0.717, 1.165) is 16.8 Å². The van der Waals surface area contributed by atoms with Crippen molar-refractivity contribution in [2.75, 3.05) is 24.1 Å². The molecule has 0 saturated heterocycles. The molecule has 0 bridgehead atoms. The number of nitrogens with two attached hydrogens (primary N) is 2. The van der Waals surface area contributed by atoms with Crippen LogP contribution in [0.1, 0.15) is 5.56 Å². The minimum absolute atomic E-state index is 0.250. The minimum atomic E-state index is -0.250. The van der Waals surface area contributed by atoms with Crippen LogP contribution in [0, 0.1) is 0 Å². The van der Waals surface area contributed by atoms with Gasteiger partial charge in [-0.05, 0) is 36.3 Å². The first kappa shape index (κ1) is 18.3. The molecule has 0 fully saturated rings. The summed E-state index contributed by atoms with van der Waals surface area (Å²) in [5.41, 5.74) is 9.53. The summed E-state index contributed by atoms with van der Waals surface area (Å²) in [7, 11) is -0.250.